The van der Waals surface area contributed by atoms with Gasteiger partial charge in [-0.3, -0.25) is 10.00 Å². The van der Waals surface area contributed by atoms with Crippen LogP contribution in [-0.4, -0.2) is 61.5 Å². The van der Waals surface area contributed by atoms with E-state index >= 15 is 0 Å². The van der Waals surface area contributed by atoms with Gasteiger partial charge in [-0.1, -0.05) is 0 Å². The normalized spacial score (nSPS) is 19.0. The fourth-order valence-corrected chi connectivity index (χ4v) is 2.84. The van der Waals surface area contributed by atoms with Crippen molar-refractivity contribution in [3.63, 3.8) is 0 Å². The molecule has 9 nitrogen and oxygen atoms in total. The van der Waals surface area contributed by atoms with E-state index in [1.807, 2.05) is 23.7 Å². The second-order valence-corrected chi connectivity index (χ2v) is 5.96. The highest BCUT2D eigenvalue weighted by Gasteiger charge is 2.25. The third kappa shape index (κ3) is 2.83. The number of nitrogens with zero attached hydrogens (tertiary/aromatic N) is 6. The second kappa shape index (κ2) is 6.17. The molecule has 1 aliphatic heterocycles. The number of H-pyrrole nitrogens is 1. The summed E-state index contributed by atoms with van der Waals surface area (Å²) in [6.45, 7) is 4.74. The maximum absolute atomic E-state index is 5.53. The van der Waals surface area contributed by atoms with Gasteiger partial charge in [0.05, 0.1) is 31.5 Å². The van der Waals surface area contributed by atoms with Gasteiger partial charge in [-0.25, -0.2) is 14.5 Å². The number of hydrogen-bond donors (Lipinski definition) is 2. The number of aryl methyl sites for hydroxylation is 1. The van der Waals surface area contributed by atoms with E-state index in [-0.39, 0.29) is 6.04 Å². The summed E-state index contributed by atoms with van der Waals surface area (Å²) in [5.74, 6) is 2.30. The highest BCUT2D eigenvalue weighted by Crippen LogP contribution is 2.19. The Hall–Kier alpha value is -2.52. The Bertz CT molecular complexity index is 841. The van der Waals surface area contributed by atoms with Crippen LogP contribution in [0.5, 0.6) is 0 Å². The fourth-order valence-electron chi connectivity index (χ4n) is 2.84. The summed E-state index contributed by atoms with van der Waals surface area (Å²) in [4.78, 5) is 11.2. The summed E-state index contributed by atoms with van der Waals surface area (Å²) in [7, 11) is 2.06. The molecular formula is C15H20N8O. The first-order valence-corrected chi connectivity index (χ1v) is 7.95. The SMILES string of the molecule is Cc1cc2c(NCc3nc(C4COCCN4C)n[nH]3)nccn2n1. The maximum Gasteiger partial charge on any atom is 0.170 e. The molecule has 2 N–H and O–H groups in total. The first kappa shape index (κ1) is 15.0. The lowest BCUT2D eigenvalue weighted by Crippen LogP contribution is -2.37. The van der Waals surface area contributed by atoms with Crippen LogP contribution in [0, 0.1) is 6.92 Å². The molecular weight excluding hydrogens is 308 g/mol. The van der Waals surface area contributed by atoms with Gasteiger partial charge in [0.25, 0.3) is 0 Å². The minimum absolute atomic E-state index is 0.0998. The maximum atomic E-state index is 5.53. The quantitative estimate of drug-likeness (QED) is 0.730. The zero-order valence-electron chi connectivity index (χ0n) is 13.7. The van der Waals surface area contributed by atoms with E-state index in [9.17, 15) is 0 Å². The predicted octanol–water partition coefficient (Wildman–Crippen LogP) is 0.771. The Balaban J connectivity index is 1.48. The standard InChI is InChI=1S/C15H20N8O/c1-10-7-11-14(16-3-4-23(11)21-10)17-8-13-18-15(20-19-13)12-9-24-6-5-22(12)2/h3-4,7,12H,5-6,8-9H2,1-2H3,(H,16,17)(H,18,19,20). The van der Waals surface area contributed by atoms with Crippen LogP contribution >= 0.6 is 0 Å². The average molecular weight is 328 g/mol. The molecule has 1 saturated heterocycles. The third-order valence-electron chi connectivity index (χ3n) is 4.18. The molecule has 126 valence electrons. The van der Waals surface area contributed by atoms with Gasteiger partial charge in [0.1, 0.15) is 11.3 Å². The average Bonchev–Trinajstić information content (AvgIpc) is 3.19. The Kier molecular flexibility index (Phi) is 3.87. The zero-order chi connectivity index (χ0) is 16.5. The third-order valence-corrected chi connectivity index (χ3v) is 4.18. The molecule has 9 heteroatoms. The molecule has 0 spiro atoms. The van der Waals surface area contributed by atoms with Crippen LogP contribution in [0.15, 0.2) is 18.5 Å². The van der Waals surface area contributed by atoms with Crippen molar-refractivity contribution in [2.75, 3.05) is 32.1 Å². The Morgan fingerprint density at radius 3 is 3.25 bits per heavy atom. The molecule has 0 radical (unpaired) electrons. The lowest BCUT2D eigenvalue weighted by atomic mass is 10.2. The molecule has 0 aromatic carbocycles. The zero-order valence-corrected chi connectivity index (χ0v) is 13.7. The first-order chi connectivity index (χ1) is 11.7. The number of likely N-dealkylation sites (N-methyl/N-ethyl adjacent to an activating group) is 1. The van der Waals surface area contributed by atoms with Gasteiger partial charge < -0.3 is 10.1 Å². The Morgan fingerprint density at radius 2 is 2.38 bits per heavy atom. The number of fused-ring (bicyclic) bond motifs is 1. The number of hydrogen-bond acceptors (Lipinski definition) is 7. The van der Waals surface area contributed by atoms with Crippen molar-refractivity contribution in [2.45, 2.75) is 19.5 Å². The van der Waals surface area contributed by atoms with E-state index in [1.54, 1.807) is 6.20 Å². The number of rotatable bonds is 4. The van der Waals surface area contributed by atoms with Crippen molar-refractivity contribution < 1.29 is 4.74 Å². The number of morpholine rings is 1. The van der Waals surface area contributed by atoms with Gasteiger partial charge in [0, 0.05) is 18.9 Å². The minimum atomic E-state index is 0.0998. The summed E-state index contributed by atoms with van der Waals surface area (Å²) >= 11 is 0. The van der Waals surface area contributed by atoms with Gasteiger partial charge in [-0.15, -0.1) is 0 Å². The van der Waals surface area contributed by atoms with Crippen LogP contribution in [0.3, 0.4) is 0 Å². The van der Waals surface area contributed by atoms with Crippen molar-refractivity contribution in [3.8, 4) is 0 Å². The summed E-state index contributed by atoms with van der Waals surface area (Å²) in [6, 6.07) is 2.10. The predicted molar refractivity (Wildman–Crippen MR) is 87.6 cm³/mol. The van der Waals surface area contributed by atoms with Gasteiger partial charge in [0.2, 0.25) is 0 Å². The molecule has 1 atom stereocenters. The molecule has 0 amide bonds. The van der Waals surface area contributed by atoms with E-state index in [1.165, 1.54) is 0 Å². The van der Waals surface area contributed by atoms with Crippen LogP contribution in [0.2, 0.25) is 0 Å². The van der Waals surface area contributed by atoms with E-state index in [4.69, 9.17) is 4.74 Å². The van der Waals surface area contributed by atoms with Crippen LogP contribution in [0.25, 0.3) is 5.52 Å². The number of anilines is 1. The monoisotopic (exact) mass is 328 g/mol. The second-order valence-electron chi connectivity index (χ2n) is 5.96. The summed E-state index contributed by atoms with van der Waals surface area (Å²) in [5.41, 5.74) is 1.89. The number of aromatic nitrogens is 6. The molecule has 3 aromatic heterocycles. The lowest BCUT2D eigenvalue weighted by molar-refractivity contribution is 0.00194. The van der Waals surface area contributed by atoms with Gasteiger partial charge in [-0.2, -0.15) is 10.2 Å². The molecule has 1 fully saturated rings. The van der Waals surface area contributed by atoms with Gasteiger partial charge >= 0.3 is 0 Å². The summed E-state index contributed by atoms with van der Waals surface area (Å²) in [6.07, 6.45) is 3.56. The highest BCUT2D eigenvalue weighted by atomic mass is 16.5. The molecule has 1 aliphatic rings. The van der Waals surface area contributed by atoms with E-state index in [2.05, 4.69) is 42.5 Å². The smallest absolute Gasteiger partial charge is 0.170 e. The van der Waals surface area contributed by atoms with Crippen LogP contribution < -0.4 is 5.32 Å². The highest BCUT2D eigenvalue weighted by molar-refractivity contribution is 5.67. The molecule has 0 aliphatic carbocycles. The van der Waals surface area contributed by atoms with Crippen LogP contribution in [0.4, 0.5) is 5.82 Å². The van der Waals surface area contributed by atoms with Crippen molar-refractivity contribution in [1.82, 2.24) is 34.7 Å². The molecule has 24 heavy (non-hydrogen) atoms. The Labute approximate surface area is 139 Å². The summed E-state index contributed by atoms with van der Waals surface area (Å²) in [5, 5.41) is 15.0. The minimum Gasteiger partial charge on any atom is -0.378 e. The first-order valence-electron chi connectivity index (χ1n) is 7.95. The van der Waals surface area contributed by atoms with E-state index in [0.717, 1.165) is 41.8 Å². The van der Waals surface area contributed by atoms with Crippen molar-refractivity contribution in [2.24, 2.45) is 0 Å². The Morgan fingerprint density at radius 1 is 1.46 bits per heavy atom. The van der Waals surface area contributed by atoms with Crippen molar-refractivity contribution in [1.29, 1.82) is 0 Å². The molecule has 0 bridgehead atoms. The van der Waals surface area contributed by atoms with Crippen LogP contribution in [0.1, 0.15) is 23.4 Å². The largest absolute Gasteiger partial charge is 0.378 e. The molecule has 3 aromatic rings. The van der Waals surface area contributed by atoms with Crippen LogP contribution in [-0.2, 0) is 11.3 Å². The van der Waals surface area contributed by atoms with E-state index in [0.29, 0.717) is 13.2 Å². The topological polar surface area (TPSA) is 96.3 Å². The molecule has 4 heterocycles. The molecule has 1 unspecified atom stereocenters. The van der Waals surface area contributed by atoms with Crippen molar-refractivity contribution in [3.05, 3.63) is 35.8 Å². The summed E-state index contributed by atoms with van der Waals surface area (Å²) < 4.78 is 7.34. The molecule has 0 saturated carbocycles. The lowest BCUT2D eigenvalue weighted by Gasteiger charge is -2.30. The number of ether oxygens (including phenoxy) is 1. The fraction of sp³-hybridized carbons (Fsp3) is 0.467. The van der Waals surface area contributed by atoms with Gasteiger partial charge in [0.15, 0.2) is 11.6 Å². The van der Waals surface area contributed by atoms with Gasteiger partial charge in [-0.05, 0) is 20.0 Å². The van der Waals surface area contributed by atoms with Crippen molar-refractivity contribution >= 4 is 11.3 Å². The number of nitrogens with one attached hydrogen (secondary N) is 2. The molecule has 4 rings (SSSR count). The number of aromatic amines is 1. The van der Waals surface area contributed by atoms with E-state index < -0.39 is 0 Å².